The Morgan fingerprint density at radius 1 is 1.26 bits per heavy atom. The Morgan fingerprint density at radius 3 is 2.63 bits per heavy atom. The molecule has 1 aliphatic carbocycles. The molecule has 2 rings (SSSR count). The monoisotopic (exact) mass is 266 g/mol. The van der Waals surface area contributed by atoms with Crippen LogP contribution >= 0.6 is 0 Å². The van der Waals surface area contributed by atoms with Gasteiger partial charge >= 0.3 is 0 Å². The lowest BCUT2D eigenvalue weighted by molar-refractivity contribution is -0.134. The average Bonchev–Trinajstić information content (AvgIpc) is 2.70. The van der Waals surface area contributed by atoms with Crippen molar-refractivity contribution in [3.8, 4) is 0 Å². The van der Waals surface area contributed by atoms with Crippen LogP contribution in [0.5, 0.6) is 0 Å². The maximum absolute atomic E-state index is 12.7. The van der Waals surface area contributed by atoms with Gasteiger partial charge in [-0.3, -0.25) is 10.1 Å². The summed E-state index contributed by atoms with van der Waals surface area (Å²) in [6, 6.07) is 0.523. The van der Waals surface area contributed by atoms with Crippen LogP contribution in [0.4, 0.5) is 0 Å². The second-order valence-corrected chi connectivity index (χ2v) is 6.51. The van der Waals surface area contributed by atoms with Gasteiger partial charge in [-0.15, -0.1) is 0 Å². The molecule has 1 N–H and O–H groups in total. The van der Waals surface area contributed by atoms with E-state index >= 15 is 0 Å². The van der Waals surface area contributed by atoms with Crippen LogP contribution in [0.1, 0.15) is 66.2 Å². The Kier molecular flexibility index (Phi) is 4.88. The van der Waals surface area contributed by atoms with E-state index in [4.69, 9.17) is 0 Å². The number of hydrogen-bond donors (Lipinski definition) is 1. The highest BCUT2D eigenvalue weighted by molar-refractivity contribution is 5.84. The minimum atomic E-state index is 0.0689. The van der Waals surface area contributed by atoms with Crippen molar-refractivity contribution >= 4 is 5.91 Å². The van der Waals surface area contributed by atoms with Crippen molar-refractivity contribution in [3.05, 3.63) is 0 Å². The van der Waals surface area contributed by atoms with E-state index in [0.29, 0.717) is 17.9 Å². The van der Waals surface area contributed by atoms with Crippen LogP contribution in [0.2, 0.25) is 0 Å². The summed E-state index contributed by atoms with van der Waals surface area (Å²) in [5.41, 5.74) is 0. The van der Waals surface area contributed by atoms with Gasteiger partial charge in [0.15, 0.2) is 0 Å². The van der Waals surface area contributed by atoms with Crippen molar-refractivity contribution in [2.75, 3.05) is 0 Å². The van der Waals surface area contributed by atoms with Crippen LogP contribution in [0.3, 0.4) is 0 Å². The standard InChI is InChI=1S/C16H30N2O/c1-5-8-13-16(19)18(15(6-2)17-13)14-10-7-9-11(3)12(14)4/h11-15,17H,5-10H2,1-4H3. The van der Waals surface area contributed by atoms with Crippen LogP contribution in [0.15, 0.2) is 0 Å². The molecular weight excluding hydrogens is 236 g/mol. The largest absolute Gasteiger partial charge is 0.323 e. The average molecular weight is 266 g/mol. The number of amides is 1. The van der Waals surface area contributed by atoms with E-state index in [-0.39, 0.29) is 12.2 Å². The minimum absolute atomic E-state index is 0.0689. The second-order valence-electron chi connectivity index (χ2n) is 6.51. The maximum atomic E-state index is 12.7. The molecule has 19 heavy (non-hydrogen) atoms. The predicted octanol–water partition coefficient (Wildman–Crippen LogP) is 3.15. The number of carbonyl (C=O) groups is 1. The molecule has 0 bridgehead atoms. The molecule has 2 aliphatic rings. The zero-order valence-corrected chi connectivity index (χ0v) is 13.0. The molecule has 1 amide bonds. The Hall–Kier alpha value is -0.570. The number of rotatable bonds is 4. The zero-order valence-electron chi connectivity index (χ0n) is 13.0. The summed E-state index contributed by atoms with van der Waals surface area (Å²) in [5, 5.41) is 3.55. The highest BCUT2D eigenvalue weighted by Crippen LogP contribution is 2.35. The van der Waals surface area contributed by atoms with E-state index in [0.717, 1.165) is 25.2 Å². The Balaban J connectivity index is 2.14. The van der Waals surface area contributed by atoms with E-state index in [1.807, 2.05) is 0 Å². The third-order valence-corrected chi connectivity index (χ3v) is 5.27. The fraction of sp³-hybridized carbons (Fsp3) is 0.938. The lowest BCUT2D eigenvalue weighted by atomic mass is 9.77. The van der Waals surface area contributed by atoms with Gasteiger partial charge in [0.05, 0.1) is 12.2 Å². The fourth-order valence-corrected chi connectivity index (χ4v) is 3.87. The van der Waals surface area contributed by atoms with Gasteiger partial charge in [-0.1, -0.05) is 47.0 Å². The van der Waals surface area contributed by atoms with Gasteiger partial charge in [0, 0.05) is 6.04 Å². The van der Waals surface area contributed by atoms with Crippen molar-refractivity contribution in [2.24, 2.45) is 11.8 Å². The van der Waals surface area contributed by atoms with Crippen LogP contribution < -0.4 is 5.32 Å². The van der Waals surface area contributed by atoms with Crippen molar-refractivity contribution in [3.63, 3.8) is 0 Å². The molecule has 0 radical (unpaired) electrons. The molecule has 3 heteroatoms. The Bertz CT molecular complexity index is 318. The first-order chi connectivity index (χ1) is 9.10. The van der Waals surface area contributed by atoms with Crippen molar-refractivity contribution in [1.29, 1.82) is 0 Å². The third kappa shape index (κ3) is 2.81. The molecule has 3 nitrogen and oxygen atoms in total. The lowest BCUT2D eigenvalue weighted by Gasteiger charge is -2.42. The predicted molar refractivity (Wildman–Crippen MR) is 78.7 cm³/mol. The summed E-state index contributed by atoms with van der Waals surface area (Å²) in [7, 11) is 0. The van der Waals surface area contributed by atoms with Crippen molar-refractivity contribution in [2.45, 2.75) is 84.5 Å². The van der Waals surface area contributed by atoms with Gasteiger partial charge in [0.1, 0.15) is 0 Å². The Labute approximate surface area is 118 Å². The summed E-state index contributed by atoms with van der Waals surface area (Å²) in [4.78, 5) is 14.9. The molecule has 1 aliphatic heterocycles. The Morgan fingerprint density at radius 2 is 2.00 bits per heavy atom. The first kappa shape index (κ1) is 14.8. The maximum Gasteiger partial charge on any atom is 0.241 e. The summed E-state index contributed by atoms with van der Waals surface area (Å²) in [6.07, 6.45) is 7.11. The summed E-state index contributed by atoms with van der Waals surface area (Å²) in [5.74, 6) is 1.74. The smallest absolute Gasteiger partial charge is 0.241 e. The molecule has 1 heterocycles. The van der Waals surface area contributed by atoms with Crippen LogP contribution in [0, 0.1) is 11.8 Å². The molecule has 2 fully saturated rings. The third-order valence-electron chi connectivity index (χ3n) is 5.27. The van der Waals surface area contributed by atoms with E-state index < -0.39 is 0 Å². The zero-order chi connectivity index (χ0) is 14.0. The quantitative estimate of drug-likeness (QED) is 0.848. The number of nitrogens with zero attached hydrogens (tertiary/aromatic N) is 1. The summed E-state index contributed by atoms with van der Waals surface area (Å²) in [6.45, 7) is 9.02. The normalized spacial score (nSPS) is 39.9. The molecule has 5 atom stereocenters. The molecule has 110 valence electrons. The highest BCUT2D eigenvalue weighted by atomic mass is 16.2. The molecule has 0 aromatic carbocycles. The van der Waals surface area contributed by atoms with Crippen molar-refractivity contribution < 1.29 is 4.79 Å². The fourth-order valence-electron chi connectivity index (χ4n) is 3.87. The van der Waals surface area contributed by atoms with E-state index in [2.05, 4.69) is 37.9 Å². The SMILES string of the molecule is CCCC1NC(CC)N(C2CCCC(C)C2C)C1=O. The molecule has 1 saturated carbocycles. The first-order valence-corrected chi connectivity index (χ1v) is 8.18. The molecule has 0 spiro atoms. The van der Waals surface area contributed by atoms with E-state index in [1.54, 1.807) is 0 Å². The van der Waals surface area contributed by atoms with Crippen LogP contribution in [-0.4, -0.2) is 29.1 Å². The molecule has 5 unspecified atom stereocenters. The van der Waals surface area contributed by atoms with Gasteiger partial charge in [-0.05, 0) is 31.1 Å². The lowest BCUT2D eigenvalue weighted by Crippen LogP contribution is -2.50. The second kappa shape index (κ2) is 6.25. The van der Waals surface area contributed by atoms with Gasteiger partial charge in [-0.25, -0.2) is 0 Å². The number of nitrogens with one attached hydrogen (secondary N) is 1. The van der Waals surface area contributed by atoms with Crippen LogP contribution in [-0.2, 0) is 4.79 Å². The van der Waals surface area contributed by atoms with Gasteiger partial charge in [-0.2, -0.15) is 0 Å². The molecular formula is C16H30N2O. The molecule has 0 aromatic heterocycles. The first-order valence-electron chi connectivity index (χ1n) is 8.18. The van der Waals surface area contributed by atoms with Gasteiger partial charge in [0.2, 0.25) is 5.91 Å². The summed E-state index contributed by atoms with van der Waals surface area (Å²) < 4.78 is 0. The van der Waals surface area contributed by atoms with Gasteiger partial charge in [0.25, 0.3) is 0 Å². The highest BCUT2D eigenvalue weighted by Gasteiger charge is 2.44. The topological polar surface area (TPSA) is 32.3 Å². The molecule has 0 aromatic rings. The van der Waals surface area contributed by atoms with Crippen LogP contribution in [0.25, 0.3) is 0 Å². The molecule has 1 saturated heterocycles. The van der Waals surface area contributed by atoms with E-state index in [9.17, 15) is 4.79 Å². The van der Waals surface area contributed by atoms with Gasteiger partial charge < -0.3 is 4.90 Å². The van der Waals surface area contributed by atoms with Crippen molar-refractivity contribution in [1.82, 2.24) is 10.2 Å². The summed E-state index contributed by atoms with van der Waals surface area (Å²) >= 11 is 0. The minimum Gasteiger partial charge on any atom is -0.323 e. The van der Waals surface area contributed by atoms with E-state index in [1.165, 1.54) is 19.3 Å². The number of carbonyl (C=O) groups excluding carboxylic acids is 1. The number of hydrogen-bond acceptors (Lipinski definition) is 2.